The Morgan fingerprint density at radius 1 is 0.973 bits per heavy atom. The smallest absolute Gasteiger partial charge is 0.247 e. The van der Waals surface area contributed by atoms with E-state index in [1.165, 1.54) is 28.8 Å². The Morgan fingerprint density at radius 3 is 2.16 bits per heavy atom. The van der Waals surface area contributed by atoms with E-state index in [4.69, 9.17) is 10.1 Å². The Bertz CT molecular complexity index is 1420. The standard InChI is InChI=1S/C27H28N4O4S2/c1-18-3-9-21(10-4-18)30-27(29-16-15-20-7-13-23(14-8-20)37(28,34)35)36-24-17-25(32)31(26(24)33)22-11-5-19(2)6-12-22/h3-14,24H,15-17H2,1-2H3,(H,29,30)(H2,28,34,35). The van der Waals surface area contributed by atoms with Crippen molar-refractivity contribution in [2.75, 3.05) is 11.4 Å². The fourth-order valence-electron chi connectivity index (χ4n) is 3.80. The molecule has 1 aliphatic rings. The molecule has 1 saturated heterocycles. The Kier molecular flexibility index (Phi) is 8.11. The van der Waals surface area contributed by atoms with Crippen LogP contribution >= 0.6 is 11.8 Å². The van der Waals surface area contributed by atoms with E-state index in [2.05, 4.69) is 5.32 Å². The molecule has 192 valence electrons. The number of nitrogens with zero attached hydrogens (tertiary/aromatic N) is 2. The van der Waals surface area contributed by atoms with E-state index in [1.54, 1.807) is 24.3 Å². The Hall–Kier alpha value is -3.47. The first kappa shape index (κ1) is 26.6. The Labute approximate surface area is 221 Å². The highest BCUT2D eigenvalue weighted by atomic mass is 32.2. The van der Waals surface area contributed by atoms with E-state index in [1.807, 2.05) is 50.2 Å². The van der Waals surface area contributed by atoms with Crippen LogP contribution in [0.5, 0.6) is 0 Å². The first-order valence-electron chi connectivity index (χ1n) is 11.7. The summed E-state index contributed by atoms with van der Waals surface area (Å²) < 4.78 is 23.0. The molecule has 1 fully saturated rings. The number of rotatable bonds is 7. The molecule has 1 aliphatic heterocycles. The van der Waals surface area contributed by atoms with Gasteiger partial charge in [0.1, 0.15) is 5.25 Å². The van der Waals surface area contributed by atoms with Crippen molar-refractivity contribution in [3.63, 3.8) is 0 Å². The number of thioether (sulfide) groups is 1. The van der Waals surface area contributed by atoms with Crippen molar-refractivity contribution in [2.24, 2.45) is 10.1 Å². The minimum atomic E-state index is -3.74. The second kappa shape index (κ2) is 11.3. The average Bonchev–Trinajstić information content (AvgIpc) is 3.13. The van der Waals surface area contributed by atoms with Gasteiger partial charge in [0.2, 0.25) is 21.8 Å². The number of sulfonamides is 1. The van der Waals surface area contributed by atoms with Crippen LogP contribution in [0, 0.1) is 13.8 Å². The number of nitrogens with one attached hydrogen (secondary N) is 1. The van der Waals surface area contributed by atoms with Crippen molar-refractivity contribution in [3.05, 3.63) is 89.5 Å². The Balaban J connectivity index is 1.48. The van der Waals surface area contributed by atoms with E-state index in [0.29, 0.717) is 23.8 Å². The highest BCUT2D eigenvalue weighted by Gasteiger charge is 2.40. The summed E-state index contributed by atoms with van der Waals surface area (Å²) in [6.45, 7) is 4.43. The zero-order valence-electron chi connectivity index (χ0n) is 20.5. The second-order valence-electron chi connectivity index (χ2n) is 8.83. The van der Waals surface area contributed by atoms with Crippen LogP contribution < -0.4 is 15.4 Å². The number of aliphatic imine (C=N–C) groups is 1. The lowest BCUT2D eigenvalue weighted by atomic mass is 10.1. The zero-order valence-corrected chi connectivity index (χ0v) is 22.2. The summed E-state index contributed by atoms with van der Waals surface area (Å²) >= 11 is 1.24. The second-order valence-corrected chi connectivity index (χ2v) is 11.6. The minimum Gasteiger partial charge on any atom is -0.364 e. The first-order chi connectivity index (χ1) is 17.6. The number of hydrogen-bond acceptors (Lipinski definition) is 6. The molecule has 0 spiro atoms. The molecule has 10 heteroatoms. The molecule has 3 aromatic carbocycles. The number of aryl methyl sites for hydroxylation is 2. The van der Waals surface area contributed by atoms with Gasteiger partial charge in [-0.3, -0.25) is 9.59 Å². The van der Waals surface area contributed by atoms with Crippen LogP contribution in [-0.4, -0.2) is 37.2 Å². The lowest BCUT2D eigenvalue weighted by Gasteiger charge is -2.16. The molecule has 37 heavy (non-hydrogen) atoms. The van der Waals surface area contributed by atoms with Crippen LogP contribution in [0.25, 0.3) is 0 Å². The van der Waals surface area contributed by atoms with Crippen molar-refractivity contribution in [1.29, 1.82) is 0 Å². The summed E-state index contributed by atoms with van der Waals surface area (Å²) in [5, 5.41) is 8.39. The van der Waals surface area contributed by atoms with Crippen LogP contribution in [0.2, 0.25) is 0 Å². The van der Waals surface area contributed by atoms with E-state index >= 15 is 0 Å². The van der Waals surface area contributed by atoms with Crippen molar-refractivity contribution >= 4 is 50.1 Å². The largest absolute Gasteiger partial charge is 0.364 e. The number of carbonyl (C=O) groups excluding carboxylic acids is 2. The number of anilines is 1. The van der Waals surface area contributed by atoms with Gasteiger partial charge in [-0.25, -0.2) is 23.4 Å². The molecule has 3 N–H and O–H groups in total. The Morgan fingerprint density at radius 2 is 1.57 bits per heavy atom. The highest BCUT2D eigenvalue weighted by Crippen LogP contribution is 2.31. The van der Waals surface area contributed by atoms with E-state index in [0.717, 1.165) is 22.4 Å². The highest BCUT2D eigenvalue weighted by molar-refractivity contribution is 8.15. The van der Waals surface area contributed by atoms with E-state index < -0.39 is 15.3 Å². The van der Waals surface area contributed by atoms with Crippen molar-refractivity contribution in [3.8, 4) is 0 Å². The minimum absolute atomic E-state index is 0.0592. The molecule has 8 nitrogen and oxygen atoms in total. The number of imide groups is 1. The van der Waals surface area contributed by atoms with Gasteiger partial charge in [-0.05, 0) is 62.2 Å². The maximum Gasteiger partial charge on any atom is 0.247 e. The third kappa shape index (κ3) is 6.85. The number of nitrogens with two attached hydrogens (primary N) is 1. The molecule has 0 aliphatic carbocycles. The molecule has 0 radical (unpaired) electrons. The van der Waals surface area contributed by atoms with Gasteiger partial charge in [0.15, 0.2) is 5.17 Å². The zero-order chi connectivity index (χ0) is 26.6. The van der Waals surface area contributed by atoms with Gasteiger partial charge >= 0.3 is 0 Å². The van der Waals surface area contributed by atoms with Crippen molar-refractivity contribution in [1.82, 2.24) is 5.32 Å². The van der Waals surface area contributed by atoms with Gasteiger partial charge in [-0.1, -0.05) is 59.3 Å². The molecule has 1 atom stereocenters. The third-order valence-corrected chi connectivity index (χ3v) is 7.90. The SMILES string of the molecule is Cc1ccc(/N=C(\NCCc2ccc(S(N)(=O)=O)cc2)SC2CC(=O)N(c3ccc(C)cc3)C2=O)cc1. The van der Waals surface area contributed by atoms with Crippen molar-refractivity contribution in [2.45, 2.75) is 36.8 Å². The van der Waals surface area contributed by atoms with Crippen LogP contribution in [-0.2, 0) is 26.0 Å². The summed E-state index contributed by atoms with van der Waals surface area (Å²) in [5.74, 6) is -0.508. The number of hydrogen-bond donors (Lipinski definition) is 2. The molecule has 4 rings (SSSR count). The summed E-state index contributed by atoms with van der Waals surface area (Å²) in [4.78, 5) is 31.9. The van der Waals surface area contributed by atoms with Gasteiger partial charge in [-0.15, -0.1) is 0 Å². The molecule has 0 saturated carbocycles. The normalized spacial score (nSPS) is 16.4. The lowest BCUT2D eigenvalue weighted by Crippen LogP contribution is -2.32. The van der Waals surface area contributed by atoms with Gasteiger partial charge in [0.25, 0.3) is 0 Å². The number of amidine groups is 1. The van der Waals surface area contributed by atoms with Crippen LogP contribution in [0.4, 0.5) is 11.4 Å². The number of amides is 2. The van der Waals surface area contributed by atoms with Gasteiger partial charge in [0.05, 0.1) is 16.3 Å². The predicted molar refractivity (Wildman–Crippen MR) is 147 cm³/mol. The fraction of sp³-hybridized carbons (Fsp3) is 0.222. The molecular formula is C27H28N4O4S2. The molecule has 0 bridgehead atoms. The predicted octanol–water partition coefficient (Wildman–Crippen LogP) is 3.84. The maximum absolute atomic E-state index is 13.2. The third-order valence-electron chi connectivity index (χ3n) is 5.86. The summed E-state index contributed by atoms with van der Waals surface area (Å²) in [7, 11) is -3.74. The molecular weight excluding hydrogens is 508 g/mol. The number of benzene rings is 3. The quantitative estimate of drug-likeness (QED) is 0.269. The maximum atomic E-state index is 13.2. The summed E-state index contributed by atoms with van der Waals surface area (Å²) in [6.07, 6.45) is 0.673. The molecule has 1 heterocycles. The van der Waals surface area contributed by atoms with Crippen LogP contribution in [0.3, 0.4) is 0 Å². The molecule has 1 unspecified atom stereocenters. The number of carbonyl (C=O) groups is 2. The van der Waals surface area contributed by atoms with E-state index in [-0.39, 0.29) is 23.1 Å². The summed E-state index contributed by atoms with van der Waals surface area (Å²) in [6, 6.07) is 21.4. The van der Waals surface area contributed by atoms with Gasteiger partial charge in [-0.2, -0.15) is 0 Å². The number of primary sulfonamides is 1. The van der Waals surface area contributed by atoms with Gasteiger partial charge < -0.3 is 5.32 Å². The van der Waals surface area contributed by atoms with Crippen LogP contribution in [0.15, 0.2) is 82.7 Å². The molecule has 3 aromatic rings. The average molecular weight is 537 g/mol. The molecule has 2 amide bonds. The van der Waals surface area contributed by atoms with E-state index in [9.17, 15) is 18.0 Å². The van der Waals surface area contributed by atoms with Gasteiger partial charge in [0, 0.05) is 13.0 Å². The topological polar surface area (TPSA) is 122 Å². The first-order valence-corrected chi connectivity index (χ1v) is 14.1. The summed E-state index contributed by atoms with van der Waals surface area (Å²) in [5.41, 5.74) is 4.36. The lowest BCUT2D eigenvalue weighted by molar-refractivity contribution is -0.121. The van der Waals surface area contributed by atoms with Crippen molar-refractivity contribution < 1.29 is 18.0 Å². The fourth-order valence-corrected chi connectivity index (χ4v) is 5.36. The monoisotopic (exact) mass is 536 g/mol. The van der Waals surface area contributed by atoms with Crippen LogP contribution in [0.1, 0.15) is 23.1 Å². The molecule has 0 aromatic heterocycles.